The Bertz CT molecular complexity index is 1190. The number of likely N-dealkylation sites (tertiary alicyclic amines) is 1. The average Bonchev–Trinajstić information content (AvgIpc) is 3.12. The molecule has 1 aliphatic heterocycles. The van der Waals surface area contributed by atoms with Crippen LogP contribution in [0, 0.1) is 29.6 Å². The molecular weight excluding hydrogens is 376 g/mol. The lowest BCUT2D eigenvalue weighted by Crippen LogP contribution is -2.48. The van der Waals surface area contributed by atoms with E-state index in [2.05, 4.69) is 22.3 Å². The number of rotatable bonds is 4. The van der Waals surface area contributed by atoms with Crippen LogP contribution in [0.5, 0.6) is 0 Å². The molecule has 3 N–H and O–H groups in total. The number of nitrogens with one attached hydrogen (secondary N) is 1. The van der Waals surface area contributed by atoms with E-state index in [-0.39, 0.29) is 11.8 Å². The van der Waals surface area contributed by atoms with Crippen molar-refractivity contribution < 1.29 is 4.79 Å². The normalized spacial score (nSPS) is 13.4. The van der Waals surface area contributed by atoms with Crippen LogP contribution in [0.25, 0.3) is 11.3 Å². The van der Waals surface area contributed by atoms with Gasteiger partial charge in [-0.25, -0.2) is 0 Å². The van der Waals surface area contributed by atoms with E-state index in [4.69, 9.17) is 11.0 Å². The average molecular weight is 396 g/mol. The Kier molecular flexibility index (Phi) is 5.05. The number of aromatic amines is 1. The lowest BCUT2D eigenvalue weighted by atomic mass is 9.90. The highest BCUT2D eigenvalue weighted by molar-refractivity contribution is 5.96. The van der Waals surface area contributed by atoms with E-state index in [1.165, 1.54) is 0 Å². The van der Waals surface area contributed by atoms with Gasteiger partial charge in [-0.2, -0.15) is 15.6 Å². The standard InChI is InChI=1S/C23H20N6O/c1-14-21(11-26)27-28-22(14)20-8-17(6-7-18(20)10-25)23(30)29-12-19(13-29)16-4-2-15(9-24)3-5-16/h2-8,19H,10,12-13,25H2,1H3,(H,27,28). The van der Waals surface area contributed by atoms with E-state index in [9.17, 15) is 10.1 Å². The van der Waals surface area contributed by atoms with Crippen molar-refractivity contribution in [1.82, 2.24) is 15.1 Å². The van der Waals surface area contributed by atoms with Crippen molar-refractivity contribution in [2.45, 2.75) is 19.4 Å². The van der Waals surface area contributed by atoms with Gasteiger partial charge in [-0.1, -0.05) is 18.2 Å². The summed E-state index contributed by atoms with van der Waals surface area (Å²) in [5.74, 6) is 0.236. The molecule has 148 valence electrons. The van der Waals surface area contributed by atoms with Crippen LogP contribution < -0.4 is 5.73 Å². The van der Waals surface area contributed by atoms with E-state index >= 15 is 0 Å². The summed E-state index contributed by atoms with van der Waals surface area (Å²) in [7, 11) is 0. The zero-order valence-corrected chi connectivity index (χ0v) is 16.5. The second kappa shape index (κ2) is 7.82. The molecule has 2 heterocycles. The van der Waals surface area contributed by atoms with Crippen molar-refractivity contribution in [3.05, 3.63) is 76.0 Å². The minimum absolute atomic E-state index is 0.0395. The van der Waals surface area contributed by atoms with Crippen molar-refractivity contribution in [2.75, 3.05) is 13.1 Å². The molecular formula is C23H20N6O. The molecule has 2 aromatic carbocycles. The predicted octanol–water partition coefficient (Wildman–Crippen LogP) is 2.83. The van der Waals surface area contributed by atoms with Gasteiger partial charge in [0.05, 0.1) is 17.3 Å². The highest BCUT2D eigenvalue weighted by atomic mass is 16.2. The van der Waals surface area contributed by atoms with E-state index < -0.39 is 0 Å². The van der Waals surface area contributed by atoms with Crippen molar-refractivity contribution >= 4 is 5.91 Å². The summed E-state index contributed by atoms with van der Waals surface area (Å²) in [6, 6.07) is 17.2. The lowest BCUT2D eigenvalue weighted by Gasteiger charge is -2.39. The summed E-state index contributed by atoms with van der Waals surface area (Å²) in [6.07, 6.45) is 0. The third-order valence-electron chi connectivity index (χ3n) is 5.64. The number of hydrogen-bond acceptors (Lipinski definition) is 5. The van der Waals surface area contributed by atoms with Gasteiger partial charge in [0, 0.05) is 42.2 Å². The largest absolute Gasteiger partial charge is 0.337 e. The Morgan fingerprint density at radius 2 is 1.93 bits per heavy atom. The molecule has 30 heavy (non-hydrogen) atoms. The first-order valence-corrected chi connectivity index (χ1v) is 9.63. The maximum Gasteiger partial charge on any atom is 0.253 e. The quantitative estimate of drug-likeness (QED) is 0.702. The summed E-state index contributed by atoms with van der Waals surface area (Å²) in [5, 5.41) is 25.0. The van der Waals surface area contributed by atoms with Crippen LogP contribution in [-0.4, -0.2) is 34.1 Å². The third-order valence-corrected chi connectivity index (χ3v) is 5.64. The Labute approximate surface area is 174 Å². The number of carbonyl (C=O) groups excluding carboxylic acids is 1. The predicted molar refractivity (Wildman–Crippen MR) is 111 cm³/mol. The molecule has 4 rings (SSSR count). The summed E-state index contributed by atoms with van der Waals surface area (Å²) >= 11 is 0. The minimum Gasteiger partial charge on any atom is -0.337 e. The summed E-state index contributed by atoms with van der Waals surface area (Å²) < 4.78 is 0. The van der Waals surface area contributed by atoms with Gasteiger partial charge in [0.2, 0.25) is 0 Å². The number of nitrogens with zero attached hydrogens (tertiary/aromatic N) is 4. The van der Waals surface area contributed by atoms with E-state index in [1.54, 1.807) is 18.2 Å². The molecule has 1 aliphatic rings. The first-order chi connectivity index (χ1) is 14.5. The van der Waals surface area contributed by atoms with Crippen molar-refractivity contribution in [3.8, 4) is 23.4 Å². The molecule has 0 saturated carbocycles. The number of nitrogens with two attached hydrogens (primary N) is 1. The van der Waals surface area contributed by atoms with E-state index in [0.717, 1.165) is 22.3 Å². The zero-order valence-electron chi connectivity index (χ0n) is 16.5. The van der Waals surface area contributed by atoms with Crippen molar-refractivity contribution in [2.24, 2.45) is 5.73 Å². The molecule has 0 bridgehead atoms. The van der Waals surface area contributed by atoms with Crippen LogP contribution in [0.4, 0.5) is 0 Å². The van der Waals surface area contributed by atoms with Gasteiger partial charge in [-0.15, -0.1) is 0 Å². The smallest absolute Gasteiger partial charge is 0.253 e. The molecule has 1 aromatic heterocycles. The number of benzene rings is 2. The highest BCUT2D eigenvalue weighted by Crippen LogP contribution is 2.31. The number of aromatic nitrogens is 2. The number of carbonyl (C=O) groups is 1. The summed E-state index contributed by atoms with van der Waals surface area (Å²) in [4.78, 5) is 14.8. The van der Waals surface area contributed by atoms with Crippen LogP contribution in [0.3, 0.4) is 0 Å². The second-order valence-electron chi connectivity index (χ2n) is 7.40. The number of H-pyrrole nitrogens is 1. The maximum absolute atomic E-state index is 13.0. The fraction of sp³-hybridized carbons (Fsp3) is 0.217. The molecule has 3 aromatic rings. The van der Waals surface area contributed by atoms with Crippen LogP contribution in [0.2, 0.25) is 0 Å². The zero-order chi connectivity index (χ0) is 21.3. The molecule has 1 amide bonds. The molecule has 1 fully saturated rings. The lowest BCUT2D eigenvalue weighted by molar-refractivity contribution is 0.0602. The van der Waals surface area contributed by atoms with E-state index in [0.29, 0.717) is 42.1 Å². The van der Waals surface area contributed by atoms with Gasteiger partial charge in [0.25, 0.3) is 5.91 Å². The van der Waals surface area contributed by atoms with Crippen LogP contribution in [0.15, 0.2) is 42.5 Å². The van der Waals surface area contributed by atoms with Gasteiger partial charge in [-0.05, 0) is 42.3 Å². The number of hydrogen-bond donors (Lipinski definition) is 2. The second-order valence-corrected chi connectivity index (χ2v) is 7.40. The summed E-state index contributed by atoms with van der Waals surface area (Å²) in [5.41, 5.74) is 11.7. The monoisotopic (exact) mass is 396 g/mol. The molecule has 7 nitrogen and oxygen atoms in total. The first-order valence-electron chi connectivity index (χ1n) is 9.63. The molecule has 0 unspecified atom stereocenters. The van der Waals surface area contributed by atoms with Gasteiger partial charge in [-0.3, -0.25) is 9.89 Å². The Balaban J connectivity index is 1.54. The van der Waals surface area contributed by atoms with Gasteiger partial charge < -0.3 is 10.6 Å². The Morgan fingerprint density at radius 1 is 1.20 bits per heavy atom. The molecule has 0 atom stereocenters. The molecule has 7 heteroatoms. The van der Waals surface area contributed by atoms with Crippen molar-refractivity contribution in [1.29, 1.82) is 10.5 Å². The molecule has 0 spiro atoms. The maximum atomic E-state index is 13.0. The minimum atomic E-state index is -0.0395. The number of amides is 1. The molecule has 1 saturated heterocycles. The third kappa shape index (κ3) is 3.32. The highest BCUT2D eigenvalue weighted by Gasteiger charge is 2.32. The fourth-order valence-electron chi connectivity index (χ4n) is 3.76. The van der Waals surface area contributed by atoms with Crippen molar-refractivity contribution in [3.63, 3.8) is 0 Å². The Morgan fingerprint density at radius 3 is 2.53 bits per heavy atom. The van der Waals surface area contributed by atoms with Gasteiger partial charge >= 0.3 is 0 Å². The van der Waals surface area contributed by atoms with Gasteiger partial charge in [0.1, 0.15) is 6.07 Å². The van der Waals surface area contributed by atoms with Crippen LogP contribution in [0.1, 0.15) is 44.2 Å². The van der Waals surface area contributed by atoms with Crippen LogP contribution >= 0.6 is 0 Å². The molecule has 0 aliphatic carbocycles. The van der Waals surface area contributed by atoms with E-state index in [1.807, 2.05) is 36.1 Å². The Hall–Kier alpha value is -3.94. The fourth-order valence-corrected chi connectivity index (χ4v) is 3.76. The molecule has 0 radical (unpaired) electrons. The van der Waals surface area contributed by atoms with Gasteiger partial charge in [0.15, 0.2) is 5.69 Å². The van der Waals surface area contributed by atoms with Crippen LogP contribution in [-0.2, 0) is 6.54 Å². The summed E-state index contributed by atoms with van der Waals surface area (Å²) in [6.45, 7) is 3.42. The first kappa shape index (κ1) is 19.4. The topological polar surface area (TPSA) is 123 Å². The number of nitriles is 2. The SMILES string of the molecule is Cc1c(C#N)n[nH]c1-c1cc(C(=O)N2CC(c3ccc(C#N)cc3)C2)ccc1CN.